The van der Waals surface area contributed by atoms with Crippen molar-refractivity contribution in [2.45, 2.75) is 39.3 Å². The van der Waals surface area contributed by atoms with Gasteiger partial charge in [0.1, 0.15) is 0 Å². The summed E-state index contributed by atoms with van der Waals surface area (Å²) in [6.45, 7) is 5.95. The first-order chi connectivity index (χ1) is 8.99. The molecule has 1 unspecified atom stereocenters. The highest BCUT2D eigenvalue weighted by Gasteiger charge is 2.22. The molecule has 1 aromatic rings. The number of nitro groups is 1. The van der Waals surface area contributed by atoms with Gasteiger partial charge in [0.05, 0.1) is 10.6 Å². The van der Waals surface area contributed by atoms with E-state index in [-0.39, 0.29) is 16.7 Å². The molecule has 0 aliphatic carbocycles. The molecule has 1 aliphatic rings. The van der Waals surface area contributed by atoms with Crippen LogP contribution in [0.1, 0.15) is 29.7 Å². The average molecular weight is 264 g/mol. The Bertz CT molecular complexity index is 490. The van der Waals surface area contributed by atoms with Crippen molar-refractivity contribution in [1.29, 1.82) is 0 Å². The van der Waals surface area contributed by atoms with Crippen LogP contribution in [-0.4, -0.2) is 33.9 Å². The van der Waals surface area contributed by atoms with Gasteiger partial charge in [-0.05, 0) is 33.2 Å². The minimum absolute atomic E-state index is 0.186. The van der Waals surface area contributed by atoms with E-state index in [4.69, 9.17) is 5.73 Å². The molecule has 0 saturated carbocycles. The third kappa shape index (κ3) is 3.08. The Labute approximate surface area is 112 Å². The molecule has 6 heteroatoms. The molecule has 2 N–H and O–H groups in total. The predicted octanol–water partition coefficient (Wildman–Crippen LogP) is 1.53. The summed E-state index contributed by atoms with van der Waals surface area (Å²) in [4.78, 5) is 17.3. The van der Waals surface area contributed by atoms with Crippen molar-refractivity contribution in [2.24, 2.45) is 5.73 Å². The third-order valence-electron chi connectivity index (χ3n) is 3.67. The zero-order valence-electron chi connectivity index (χ0n) is 11.4. The molecule has 1 saturated heterocycles. The minimum Gasteiger partial charge on any atom is -0.327 e. The highest BCUT2D eigenvalue weighted by atomic mass is 16.6. The quantitative estimate of drug-likeness (QED) is 0.661. The largest absolute Gasteiger partial charge is 0.327 e. The first-order valence-corrected chi connectivity index (χ1v) is 6.56. The number of rotatable bonds is 3. The molecule has 0 aromatic carbocycles. The van der Waals surface area contributed by atoms with Crippen LogP contribution in [0, 0.1) is 24.0 Å². The Kier molecular flexibility index (Phi) is 4.11. The van der Waals surface area contributed by atoms with Crippen LogP contribution >= 0.6 is 0 Å². The molecule has 0 spiro atoms. The Balaban J connectivity index is 2.21. The SMILES string of the molecule is Cc1cnc(CN2CCCC(N)C2)c(C)c1[N+](=O)[O-]. The fourth-order valence-electron chi connectivity index (χ4n) is 2.65. The maximum atomic E-state index is 11.1. The highest BCUT2D eigenvalue weighted by Crippen LogP contribution is 2.25. The molecule has 104 valence electrons. The first-order valence-electron chi connectivity index (χ1n) is 6.56. The summed E-state index contributed by atoms with van der Waals surface area (Å²) in [5.74, 6) is 0. The number of hydrogen-bond donors (Lipinski definition) is 1. The lowest BCUT2D eigenvalue weighted by Crippen LogP contribution is -2.42. The van der Waals surface area contributed by atoms with E-state index in [1.165, 1.54) is 0 Å². The topological polar surface area (TPSA) is 85.3 Å². The Morgan fingerprint density at radius 2 is 2.32 bits per heavy atom. The van der Waals surface area contributed by atoms with Gasteiger partial charge in [0.25, 0.3) is 5.69 Å². The molecule has 0 amide bonds. The number of piperidine rings is 1. The molecule has 6 nitrogen and oxygen atoms in total. The van der Waals surface area contributed by atoms with Gasteiger partial charge in [-0.25, -0.2) is 0 Å². The van der Waals surface area contributed by atoms with E-state index in [2.05, 4.69) is 9.88 Å². The van der Waals surface area contributed by atoms with Gasteiger partial charge in [0.2, 0.25) is 0 Å². The van der Waals surface area contributed by atoms with Crippen molar-refractivity contribution in [3.8, 4) is 0 Å². The molecule has 2 heterocycles. The van der Waals surface area contributed by atoms with Crippen LogP contribution in [0.2, 0.25) is 0 Å². The van der Waals surface area contributed by atoms with Crippen LogP contribution in [0.4, 0.5) is 5.69 Å². The molecule has 0 bridgehead atoms. The van der Waals surface area contributed by atoms with Crippen molar-refractivity contribution in [3.63, 3.8) is 0 Å². The monoisotopic (exact) mass is 264 g/mol. The average Bonchev–Trinajstić information content (AvgIpc) is 2.32. The second kappa shape index (κ2) is 5.63. The number of nitrogens with two attached hydrogens (primary N) is 1. The first kappa shape index (κ1) is 13.9. The van der Waals surface area contributed by atoms with E-state index in [0.29, 0.717) is 17.7 Å². The van der Waals surface area contributed by atoms with Crippen LogP contribution in [0.3, 0.4) is 0 Å². The molecule has 1 aliphatic heterocycles. The molecular weight excluding hydrogens is 244 g/mol. The van der Waals surface area contributed by atoms with Gasteiger partial charge >= 0.3 is 0 Å². The van der Waals surface area contributed by atoms with Crippen molar-refractivity contribution in [1.82, 2.24) is 9.88 Å². The standard InChI is InChI=1S/C13H20N4O2/c1-9-6-15-12(10(2)13(9)17(18)19)8-16-5-3-4-11(14)7-16/h6,11H,3-5,7-8,14H2,1-2H3. The minimum atomic E-state index is -0.322. The zero-order chi connectivity index (χ0) is 14.0. The van der Waals surface area contributed by atoms with E-state index in [9.17, 15) is 10.1 Å². The van der Waals surface area contributed by atoms with E-state index in [1.54, 1.807) is 20.0 Å². The van der Waals surface area contributed by atoms with Crippen LogP contribution in [0.5, 0.6) is 0 Å². The van der Waals surface area contributed by atoms with Gasteiger partial charge in [-0.2, -0.15) is 0 Å². The lowest BCUT2D eigenvalue weighted by atomic mass is 10.0. The second-order valence-corrected chi connectivity index (χ2v) is 5.26. The van der Waals surface area contributed by atoms with Gasteiger partial charge in [-0.3, -0.25) is 20.0 Å². The number of nitrogens with zero attached hydrogens (tertiary/aromatic N) is 3. The maximum Gasteiger partial charge on any atom is 0.278 e. The Hall–Kier alpha value is -1.53. The summed E-state index contributed by atoms with van der Waals surface area (Å²) in [5, 5.41) is 11.1. The highest BCUT2D eigenvalue weighted by molar-refractivity contribution is 5.47. The van der Waals surface area contributed by atoms with Crippen molar-refractivity contribution in [3.05, 3.63) is 33.1 Å². The number of hydrogen-bond acceptors (Lipinski definition) is 5. The van der Waals surface area contributed by atoms with Crippen LogP contribution < -0.4 is 5.73 Å². The number of aromatic nitrogens is 1. The molecule has 0 radical (unpaired) electrons. The number of aryl methyl sites for hydroxylation is 1. The Morgan fingerprint density at radius 1 is 1.58 bits per heavy atom. The summed E-state index contributed by atoms with van der Waals surface area (Å²) >= 11 is 0. The second-order valence-electron chi connectivity index (χ2n) is 5.26. The van der Waals surface area contributed by atoms with Gasteiger partial charge in [0, 0.05) is 36.5 Å². The van der Waals surface area contributed by atoms with E-state index in [0.717, 1.165) is 31.6 Å². The molecule has 1 atom stereocenters. The fourth-order valence-corrected chi connectivity index (χ4v) is 2.65. The normalized spacial score (nSPS) is 20.5. The number of pyridine rings is 1. The van der Waals surface area contributed by atoms with E-state index < -0.39 is 0 Å². The smallest absolute Gasteiger partial charge is 0.278 e. The summed E-state index contributed by atoms with van der Waals surface area (Å²) in [7, 11) is 0. The van der Waals surface area contributed by atoms with Crippen molar-refractivity contribution < 1.29 is 4.92 Å². The lowest BCUT2D eigenvalue weighted by Gasteiger charge is -2.30. The summed E-state index contributed by atoms with van der Waals surface area (Å²) in [5.41, 5.74) is 8.20. The summed E-state index contributed by atoms with van der Waals surface area (Å²) in [6.07, 6.45) is 3.72. The molecule has 1 fully saturated rings. The molecule has 2 rings (SSSR count). The summed E-state index contributed by atoms with van der Waals surface area (Å²) in [6, 6.07) is 0.203. The molecule has 1 aromatic heterocycles. The third-order valence-corrected chi connectivity index (χ3v) is 3.67. The van der Waals surface area contributed by atoms with E-state index in [1.807, 2.05) is 0 Å². The summed E-state index contributed by atoms with van der Waals surface area (Å²) < 4.78 is 0. The zero-order valence-corrected chi connectivity index (χ0v) is 11.4. The van der Waals surface area contributed by atoms with Crippen molar-refractivity contribution in [2.75, 3.05) is 13.1 Å². The van der Waals surface area contributed by atoms with Crippen LogP contribution in [-0.2, 0) is 6.54 Å². The molecular formula is C13H20N4O2. The maximum absolute atomic E-state index is 11.1. The fraction of sp³-hybridized carbons (Fsp3) is 0.615. The van der Waals surface area contributed by atoms with Gasteiger partial charge in [-0.15, -0.1) is 0 Å². The van der Waals surface area contributed by atoms with Crippen LogP contribution in [0.15, 0.2) is 6.20 Å². The van der Waals surface area contributed by atoms with Crippen LogP contribution in [0.25, 0.3) is 0 Å². The predicted molar refractivity (Wildman–Crippen MR) is 72.9 cm³/mol. The van der Waals surface area contributed by atoms with Gasteiger partial charge in [-0.1, -0.05) is 0 Å². The van der Waals surface area contributed by atoms with Gasteiger partial charge in [0.15, 0.2) is 0 Å². The van der Waals surface area contributed by atoms with Crippen molar-refractivity contribution >= 4 is 5.69 Å². The Morgan fingerprint density at radius 3 is 2.95 bits per heavy atom. The number of likely N-dealkylation sites (tertiary alicyclic amines) is 1. The molecule has 19 heavy (non-hydrogen) atoms. The van der Waals surface area contributed by atoms with Gasteiger partial charge < -0.3 is 5.73 Å². The van der Waals surface area contributed by atoms with E-state index >= 15 is 0 Å². The lowest BCUT2D eigenvalue weighted by molar-refractivity contribution is -0.386.